The van der Waals surface area contributed by atoms with Gasteiger partial charge in [-0.15, -0.1) is 0 Å². The van der Waals surface area contributed by atoms with Crippen LogP contribution in [0.25, 0.3) is 10.2 Å². The lowest BCUT2D eigenvalue weighted by molar-refractivity contribution is -0.165. The maximum atomic E-state index is 13.1. The van der Waals surface area contributed by atoms with Crippen LogP contribution in [-0.2, 0) is 47.6 Å². The summed E-state index contributed by atoms with van der Waals surface area (Å²) >= 11 is 1.53. The average Bonchev–Trinajstić information content (AvgIpc) is 3.77. The molecule has 7 rings (SSSR count). The van der Waals surface area contributed by atoms with Crippen molar-refractivity contribution in [2.45, 2.75) is 127 Å². The topological polar surface area (TPSA) is 179 Å². The first kappa shape index (κ1) is 48.6. The van der Waals surface area contributed by atoms with Crippen molar-refractivity contribution in [2.24, 2.45) is 28.8 Å². The van der Waals surface area contributed by atoms with Gasteiger partial charge in [0.1, 0.15) is 23.7 Å². The van der Waals surface area contributed by atoms with Crippen molar-refractivity contribution in [3.8, 4) is 11.5 Å². The van der Waals surface area contributed by atoms with Crippen LogP contribution in [-0.4, -0.2) is 86.3 Å². The van der Waals surface area contributed by atoms with Crippen LogP contribution in [0.2, 0.25) is 0 Å². The van der Waals surface area contributed by atoms with Crippen molar-refractivity contribution in [3.05, 3.63) is 73.3 Å². The zero-order valence-corrected chi connectivity index (χ0v) is 38.5. The van der Waals surface area contributed by atoms with E-state index < -0.39 is 11.9 Å². The number of para-hydroxylation sites is 1. The molecule has 0 saturated heterocycles. The van der Waals surface area contributed by atoms with Gasteiger partial charge >= 0.3 is 23.9 Å². The molecule has 4 aliphatic carbocycles. The second kappa shape index (κ2) is 25.0. The highest BCUT2D eigenvalue weighted by Gasteiger charge is 2.33. The van der Waals surface area contributed by atoms with Crippen LogP contribution in [0.3, 0.4) is 0 Å². The monoisotopic (exact) mass is 929 g/mol. The van der Waals surface area contributed by atoms with E-state index in [9.17, 15) is 19.2 Å². The molecule has 0 atom stereocenters. The van der Waals surface area contributed by atoms with E-state index in [0.29, 0.717) is 41.7 Å². The lowest BCUT2D eigenvalue weighted by Crippen LogP contribution is -2.32. The second-order valence-electron chi connectivity index (χ2n) is 17.7. The number of nitrogens with zero attached hydrogens (tertiary/aromatic N) is 2. The Bertz CT molecular complexity index is 2080. The number of ether oxygens (including phenoxy) is 8. The number of hydrogen-bond donors (Lipinski definition) is 1. The number of aromatic nitrogens is 1. The van der Waals surface area contributed by atoms with E-state index >= 15 is 0 Å². The van der Waals surface area contributed by atoms with Crippen LogP contribution in [0, 0.1) is 23.7 Å². The van der Waals surface area contributed by atoms with Gasteiger partial charge in [-0.3, -0.25) is 15.0 Å². The summed E-state index contributed by atoms with van der Waals surface area (Å²) in [4.78, 5) is 53.4. The molecule has 16 heteroatoms. The summed E-state index contributed by atoms with van der Waals surface area (Å²) in [7, 11) is 0. The Kier molecular flexibility index (Phi) is 18.4. The summed E-state index contributed by atoms with van der Waals surface area (Å²) in [5.74, 6) is 0.515. The molecule has 1 heterocycles. The van der Waals surface area contributed by atoms with Gasteiger partial charge in [0.25, 0.3) is 0 Å². The summed E-state index contributed by atoms with van der Waals surface area (Å²) in [6.07, 6.45) is 16.1. The van der Waals surface area contributed by atoms with Gasteiger partial charge < -0.3 is 37.9 Å². The molecule has 2 aromatic carbocycles. The van der Waals surface area contributed by atoms with Crippen LogP contribution in [0.5, 0.6) is 11.5 Å². The molecule has 0 bridgehead atoms. The van der Waals surface area contributed by atoms with Gasteiger partial charge in [-0.1, -0.05) is 36.6 Å². The summed E-state index contributed by atoms with van der Waals surface area (Å²) < 4.78 is 46.9. The first-order valence-corrected chi connectivity index (χ1v) is 24.3. The summed E-state index contributed by atoms with van der Waals surface area (Å²) in [5.41, 5.74) is 4.75. The zero-order valence-electron chi connectivity index (χ0n) is 37.7. The highest BCUT2D eigenvalue weighted by Crippen LogP contribution is 2.35. The van der Waals surface area contributed by atoms with Gasteiger partial charge in [-0.25, -0.2) is 14.6 Å². The van der Waals surface area contributed by atoms with Crippen molar-refractivity contribution in [3.63, 3.8) is 0 Å². The van der Waals surface area contributed by atoms with Crippen molar-refractivity contribution >= 4 is 56.8 Å². The minimum Gasteiger partial charge on any atom is -0.493 e. The Balaban J connectivity index is 0.849. The van der Waals surface area contributed by atoms with Crippen molar-refractivity contribution in [2.75, 3.05) is 32.2 Å². The molecule has 0 amide bonds. The van der Waals surface area contributed by atoms with Gasteiger partial charge in [0.15, 0.2) is 13.6 Å². The number of carbonyl (C=O) groups excluding carboxylic acids is 4. The second-order valence-corrected chi connectivity index (χ2v) is 18.7. The summed E-state index contributed by atoms with van der Waals surface area (Å²) in [5, 5.41) is 5.22. The number of anilines is 1. The van der Waals surface area contributed by atoms with E-state index in [-0.39, 0.29) is 61.8 Å². The van der Waals surface area contributed by atoms with E-state index in [4.69, 9.17) is 37.9 Å². The molecule has 4 aliphatic rings. The lowest BCUT2D eigenvalue weighted by atomic mass is 9.82. The molecular formula is C50H63N3O12S. The molecular weight excluding hydrogens is 867 g/mol. The van der Waals surface area contributed by atoms with Crippen molar-refractivity contribution < 1.29 is 57.1 Å². The number of esters is 4. The standard InChI is InChI=1S/C50H63N3O12S/c1-3-46(54)62-31-60-38-17-21-40(22-18-38)64-48(56)35-13-9-33(10-14-35)29-58-42-25-26-44(37(27-42)28-51-53-50-52-43-7-5-6-8-45(43)66-50)59-30-34-11-15-36(16-12-34)49(57)65-41-23-19-39(20-24-41)61-32-63-47(55)4-2/h3-8,25-28,33-36,38-41H,1-2,9-24,29-32H2,(H,52,53)/b51-28+. The third kappa shape index (κ3) is 14.8. The molecule has 4 fully saturated rings. The Morgan fingerprint density at radius 3 is 1.70 bits per heavy atom. The van der Waals surface area contributed by atoms with Crippen LogP contribution in [0.15, 0.2) is 72.9 Å². The van der Waals surface area contributed by atoms with Gasteiger partial charge in [0.05, 0.1) is 53.7 Å². The van der Waals surface area contributed by atoms with E-state index in [2.05, 4.69) is 28.7 Å². The smallest absolute Gasteiger partial charge is 0.332 e. The zero-order chi connectivity index (χ0) is 46.1. The van der Waals surface area contributed by atoms with E-state index in [1.54, 1.807) is 6.21 Å². The number of benzene rings is 2. The van der Waals surface area contributed by atoms with Crippen LogP contribution in [0.4, 0.5) is 5.13 Å². The van der Waals surface area contributed by atoms with Gasteiger partial charge in [0, 0.05) is 17.7 Å². The Labute approximate surface area is 390 Å². The van der Waals surface area contributed by atoms with Crippen LogP contribution >= 0.6 is 11.3 Å². The highest BCUT2D eigenvalue weighted by atomic mass is 32.1. The first-order chi connectivity index (χ1) is 32.2. The number of fused-ring (bicyclic) bond motifs is 1. The molecule has 1 N–H and O–H groups in total. The summed E-state index contributed by atoms with van der Waals surface area (Å²) in [6, 6.07) is 13.7. The number of nitrogens with one attached hydrogen (secondary N) is 1. The molecule has 66 heavy (non-hydrogen) atoms. The minimum atomic E-state index is -0.514. The maximum absolute atomic E-state index is 13.1. The summed E-state index contributed by atoms with van der Waals surface area (Å²) in [6.45, 7) is 7.61. The number of hydrazone groups is 1. The molecule has 1 aromatic heterocycles. The predicted octanol–water partition coefficient (Wildman–Crippen LogP) is 9.23. The predicted molar refractivity (Wildman–Crippen MR) is 248 cm³/mol. The molecule has 0 unspecified atom stereocenters. The molecule has 3 aromatic rings. The lowest BCUT2D eigenvalue weighted by Gasteiger charge is -2.31. The molecule has 0 aliphatic heterocycles. The minimum absolute atomic E-state index is 0.0202. The third-order valence-corrected chi connectivity index (χ3v) is 14.1. The fourth-order valence-electron chi connectivity index (χ4n) is 9.13. The normalized spacial score (nSPS) is 25.6. The molecule has 356 valence electrons. The maximum Gasteiger partial charge on any atom is 0.332 e. The molecule has 0 spiro atoms. The first-order valence-electron chi connectivity index (χ1n) is 23.5. The largest absolute Gasteiger partial charge is 0.493 e. The third-order valence-electron chi connectivity index (χ3n) is 13.1. The highest BCUT2D eigenvalue weighted by molar-refractivity contribution is 7.22. The Morgan fingerprint density at radius 2 is 1.17 bits per heavy atom. The van der Waals surface area contributed by atoms with Gasteiger partial charge in [-0.05, 0) is 145 Å². The quantitative estimate of drug-likeness (QED) is 0.0267. The van der Waals surface area contributed by atoms with E-state index in [1.807, 2.05) is 42.5 Å². The fourth-order valence-corrected chi connectivity index (χ4v) is 9.94. The van der Waals surface area contributed by atoms with Gasteiger partial charge in [0.2, 0.25) is 5.13 Å². The van der Waals surface area contributed by atoms with Crippen molar-refractivity contribution in [1.29, 1.82) is 0 Å². The Morgan fingerprint density at radius 1 is 0.652 bits per heavy atom. The van der Waals surface area contributed by atoms with Gasteiger partial charge in [-0.2, -0.15) is 5.10 Å². The fraction of sp³-hybridized carbons (Fsp3) is 0.560. The van der Waals surface area contributed by atoms with E-state index in [0.717, 1.165) is 131 Å². The van der Waals surface area contributed by atoms with Crippen LogP contribution < -0.4 is 14.9 Å². The Hall–Kier alpha value is -5.32. The molecule has 0 radical (unpaired) electrons. The molecule has 4 saturated carbocycles. The molecule has 15 nitrogen and oxygen atoms in total. The van der Waals surface area contributed by atoms with E-state index in [1.165, 1.54) is 11.3 Å². The number of rotatable bonds is 21. The average molecular weight is 930 g/mol. The SMILES string of the molecule is C=CC(=O)OCOC1CCC(OC(=O)C2CCC(COc3ccc(OCC4CCC(C(=O)OC5CCC(OCOC(=O)C=C)CC5)CC4)c(/C=N/Nc4nc5ccccc5s4)c3)CC2)CC1. The van der Waals surface area contributed by atoms with Crippen molar-refractivity contribution in [1.82, 2.24) is 4.98 Å². The number of thiazole rings is 1. The number of carbonyl (C=O) groups is 4. The van der Waals surface area contributed by atoms with Crippen LogP contribution in [0.1, 0.15) is 108 Å². The number of hydrogen-bond acceptors (Lipinski definition) is 16.